The highest BCUT2D eigenvalue weighted by atomic mass is 16.5. The molecular weight excluding hydrogens is 376 g/mol. The first kappa shape index (κ1) is 21.3. The highest BCUT2D eigenvalue weighted by Crippen LogP contribution is 2.25. The molecule has 0 radical (unpaired) electrons. The Morgan fingerprint density at radius 2 is 1.55 bits per heavy atom. The lowest BCUT2D eigenvalue weighted by molar-refractivity contribution is -0.116. The summed E-state index contributed by atoms with van der Waals surface area (Å²) in [5, 5.41) is 7.62. The average molecular weight is 396 g/mol. The summed E-state index contributed by atoms with van der Waals surface area (Å²) in [5.41, 5.74) is 1.38. The molecule has 0 aromatic heterocycles. The van der Waals surface area contributed by atoms with Crippen LogP contribution in [-0.4, -0.2) is 36.8 Å². The molecule has 0 aliphatic heterocycles. The van der Waals surface area contributed by atoms with Gasteiger partial charge in [0.25, 0.3) is 0 Å². The lowest BCUT2D eigenvalue weighted by atomic mass is 10.0. The van der Waals surface area contributed by atoms with E-state index in [-0.39, 0.29) is 23.3 Å². The number of ether oxygens (including phenoxy) is 1. The third-order valence-corrected chi connectivity index (χ3v) is 3.56. The molecule has 9 heteroatoms. The molecule has 9 nitrogen and oxygen atoms in total. The zero-order valence-electron chi connectivity index (χ0n) is 16.1. The summed E-state index contributed by atoms with van der Waals surface area (Å²) < 4.78 is 4.51. The molecule has 0 aliphatic rings. The minimum atomic E-state index is -0.852. The Morgan fingerprint density at radius 3 is 2.14 bits per heavy atom. The quantitative estimate of drug-likeness (QED) is 0.414. The standard InChI is InChI=1S/C20H20N4O5/c1-12(25)21-16-10-9-15(18(27)14-7-5-4-6-8-14)11-17(16)23-19(22-13(2)26)24-20(28)29-3/h4-11H,1-3H3,(H,21,25)(H2,22,23,24,26,28). The summed E-state index contributed by atoms with van der Waals surface area (Å²) in [6.45, 7) is 2.52. The highest BCUT2D eigenvalue weighted by Gasteiger charge is 2.15. The van der Waals surface area contributed by atoms with Gasteiger partial charge in [0.05, 0.1) is 18.5 Å². The largest absolute Gasteiger partial charge is 0.453 e. The molecule has 3 amide bonds. The third kappa shape index (κ3) is 6.28. The molecule has 0 unspecified atom stereocenters. The van der Waals surface area contributed by atoms with Gasteiger partial charge in [-0.05, 0) is 18.2 Å². The van der Waals surface area contributed by atoms with Gasteiger partial charge in [-0.2, -0.15) is 4.99 Å². The second kappa shape index (κ2) is 9.79. The number of benzene rings is 2. The van der Waals surface area contributed by atoms with E-state index in [0.29, 0.717) is 16.8 Å². The van der Waals surface area contributed by atoms with Crippen LogP contribution >= 0.6 is 0 Å². The Hall–Kier alpha value is -4.01. The molecule has 29 heavy (non-hydrogen) atoms. The third-order valence-electron chi connectivity index (χ3n) is 3.56. The summed E-state index contributed by atoms with van der Waals surface area (Å²) in [4.78, 5) is 50.8. The lowest BCUT2D eigenvalue weighted by Crippen LogP contribution is -2.36. The van der Waals surface area contributed by atoms with Crippen molar-refractivity contribution < 1.29 is 23.9 Å². The van der Waals surface area contributed by atoms with Crippen molar-refractivity contribution in [3.05, 3.63) is 59.7 Å². The minimum Gasteiger partial charge on any atom is -0.453 e. The van der Waals surface area contributed by atoms with Gasteiger partial charge in [-0.1, -0.05) is 30.3 Å². The van der Waals surface area contributed by atoms with Crippen LogP contribution in [0.3, 0.4) is 0 Å². The van der Waals surface area contributed by atoms with Crippen LogP contribution in [0.5, 0.6) is 0 Å². The Bertz CT molecular complexity index is 970. The van der Waals surface area contributed by atoms with Gasteiger partial charge in [-0.3, -0.25) is 19.7 Å². The molecule has 2 aromatic carbocycles. The van der Waals surface area contributed by atoms with E-state index in [1.165, 1.54) is 26.0 Å². The first-order valence-corrected chi connectivity index (χ1v) is 8.52. The van der Waals surface area contributed by atoms with Crippen LogP contribution < -0.4 is 16.0 Å². The number of nitrogens with zero attached hydrogens (tertiary/aromatic N) is 1. The molecule has 2 rings (SSSR count). The number of hydrogen-bond donors (Lipinski definition) is 3. The second-order valence-electron chi connectivity index (χ2n) is 5.86. The van der Waals surface area contributed by atoms with Crippen LogP contribution in [0.4, 0.5) is 16.2 Å². The van der Waals surface area contributed by atoms with Crippen LogP contribution in [-0.2, 0) is 14.3 Å². The van der Waals surface area contributed by atoms with Crippen molar-refractivity contribution in [3.8, 4) is 0 Å². The number of carbonyl (C=O) groups excluding carboxylic acids is 4. The maximum Gasteiger partial charge on any atom is 0.413 e. The smallest absolute Gasteiger partial charge is 0.413 e. The van der Waals surface area contributed by atoms with E-state index in [2.05, 4.69) is 25.7 Å². The fourth-order valence-electron chi connectivity index (χ4n) is 2.36. The van der Waals surface area contributed by atoms with Gasteiger partial charge < -0.3 is 15.4 Å². The Labute approximate surface area is 167 Å². The number of alkyl carbamates (subject to hydrolysis) is 1. The molecule has 0 heterocycles. The van der Waals surface area contributed by atoms with Crippen molar-refractivity contribution in [3.63, 3.8) is 0 Å². The van der Waals surface area contributed by atoms with E-state index in [4.69, 9.17) is 0 Å². The molecular formula is C20H20N4O5. The van der Waals surface area contributed by atoms with Crippen LogP contribution in [0.1, 0.15) is 29.8 Å². The van der Waals surface area contributed by atoms with Gasteiger partial charge in [0.1, 0.15) is 0 Å². The van der Waals surface area contributed by atoms with Gasteiger partial charge >= 0.3 is 6.09 Å². The number of hydrogen-bond acceptors (Lipinski definition) is 5. The Morgan fingerprint density at radius 1 is 0.862 bits per heavy atom. The van der Waals surface area contributed by atoms with Crippen molar-refractivity contribution in [1.82, 2.24) is 5.32 Å². The number of rotatable bonds is 4. The zero-order chi connectivity index (χ0) is 21.4. The van der Waals surface area contributed by atoms with Crippen molar-refractivity contribution in [2.45, 2.75) is 13.8 Å². The molecule has 150 valence electrons. The molecule has 0 bridgehead atoms. The van der Waals surface area contributed by atoms with E-state index >= 15 is 0 Å². The van der Waals surface area contributed by atoms with Crippen molar-refractivity contribution in [2.75, 3.05) is 17.7 Å². The summed E-state index contributed by atoms with van der Waals surface area (Å²) in [7, 11) is 1.16. The van der Waals surface area contributed by atoms with Crippen LogP contribution in [0, 0.1) is 0 Å². The summed E-state index contributed by atoms with van der Waals surface area (Å²) in [6.07, 6.45) is -0.852. The SMILES string of the molecule is COC(=O)N/C(=N\C(C)=O)Nc1cc(C(=O)c2ccccc2)ccc1NC(C)=O. The van der Waals surface area contributed by atoms with Crippen molar-refractivity contribution >= 4 is 41.0 Å². The van der Waals surface area contributed by atoms with E-state index in [1.807, 2.05) is 0 Å². The van der Waals surface area contributed by atoms with E-state index < -0.39 is 12.0 Å². The van der Waals surface area contributed by atoms with Crippen molar-refractivity contribution in [1.29, 1.82) is 0 Å². The van der Waals surface area contributed by atoms with E-state index in [9.17, 15) is 19.2 Å². The second-order valence-corrected chi connectivity index (χ2v) is 5.86. The normalized spacial score (nSPS) is 10.7. The fourth-order valence-corrected chi connectivity index (χ4v) is 2.36. The summed E-state index contributed by atoms with van der Waals surface area (Å²) in [5.74, 6) is -1.39. The fraction of sp³-hybridized carbons (Fsp3) is 0.150. The van der Waals surface area contributed by atoms with Crippen LogP contribution in [0.2, 0.25) is 0 Å². The highest BCUT2D eigenvalue weighted by molar-refractivity contribution is 6.12. The first-order valence-electron chi connectivity index (χ1n) is 8.52. The monoisotopic (exact) mass is 396 g/mol. The lowest BCUT2D eigenvalue weighted by Gasteiger charge is -2.15. The van der Waals surface area contributed by atoms with Crippen LogP contribution in [0.25, 0.3) is 0 Å². The van der Waals surface area contributed by atoms with E-state index in [1.54, 1.807) is 36.4 Å². The molecule has 0 saturated carbocycles. The molecule has 0 spiro atoms. The zero-order valence-corrected chi connectivity index (χ0v) is 16.1. The molecule has 2 aromatic rings. The summed E-state index contributed by atoms with van der Waals surface area (Å²) in [6, 6.07) is 13.2. The number of carbonyl (C=O) groups is 4. The van der Waals surface area contributed by atoms with Gasteiger partial charge in [-0.25, -0.2) is 4.79 Å². The Kier molecular flexibility index (Phi) is 7.19. The molecule has 0 atom stereocenters. The van der Waals surface area contributed by atoms with Crippen LogP contribution in [0.15, 0.2) is 53.5 Å². The number of methoxy groups -OCH3 is 1. The number of nitrogens with one attached hydrogen (secondary N) is 3. The minimum absolute atomic E-state index is 0.222. The van der Waals surface area contributed by atoms with Gasteiger partial charge in [-0.15, -0.1) is 0 Å². The number of anilines is 2. The van der Waals surface area contributed by atoms with Gasteiger partial charge in [0, 0.05) is 25.0 Å². The average Bonchev–Trinajstić information content (AvgIpc) is 2.68. The Balaban J connectivity index is 2.45. The predicted octanol–water partition coefficient (Wildman–Crippen LogP) is 2.55. The topological polar surface area (TPSA) is 126 Å². The number of aliphatic imine (C=N–C) groups is 1. The predicted molar refractivity (Wildman–Crippen MR) is 108 cm³/mol. The number of ketones is 1. The molecule has 0 aliphatic carbocycles. The molecule has 0 saturated heterocycles. The summed E-state index contributed by atoms with van der Waals surface area (Å²) >= 11 is 0. The van der Waals surface area contributed by atoms with E-state index in [0.717, 1.165) is 7.11 Å². The van der Waals surface area contributed by atoms with Gasteiger partial charge in [0.2, 0.25) is 17.8 Å². The maximum atomic E-state index is 12.7. The maximum absolute atomic E-state index is 12.7. The van der Waals surface area contributed by atoms with Crippen molar-refractivity contribution in [2.24, 2.45) is 4.99 Å². The number of guanidine groups is 1. The first-order chi connectivity index (χ1) is 13.8. The number of amides is 3. The molecule has 3 N–H and O–H groups in total. The van der Waals surface area contributed by atoms with Gasteiger partial charge in [0.15, 0.2) is 5.78 Å². The molecule has 0 fully saturated rings.